The van der Waals surface area contributed by atoms with Gasteiger partial charge in [-0.2, -0.15) is 0 Å². The highest BCUT2D eigenvalue weighted by molar-refractivity contribution is 7.12. The molecule has 20 heavy (non-hydrogen) atoms. The van der Waals surface area contributed by atoms with Gasteiger partial charge in [-0.3, -0.25) is 9.69 Å². The summed E-state index contributed by atoms with van der Waals surface area (Å²) in [5.41, 5.74) is 0. The van der Waals surface area contributed by atoms with E-state index < -0.39 is 5.97 Å². The van der Waals surface area contributed by atoms with E-state index >= 15 is 0 Å². The third-order valence-corrected chi connectivity index (χ3v) is 4.38. The molecule has 1 amide bonds. The minimum atomic E-state index is -0.945. The smallest absolute Gasteiger partial charge is 0.328 e. The quantitative estimate of drug-likeness (QED) is 0.809. The first kappa shape index (κ1) is 14.7. The molecule has 1 unspecified atom stereocenters. The zero-order valence-corrected chi connectivity index (χ0v) is 12.2. The largest absolute Gasteiger partial charge is 0.478 e. The van der Waals surface area contributed by atoms with E-state index in [0.717, 1.165) is 41.8 Å². The molecule has 1 atom stereocenters. The van der Waals surface area contributed by atoms with Crippen LogP contribution in [0, 0.1) is 0 Å². The van der Waals surface area contributed by atoms with Gasteiger partial charge in [0.05, 0.1) is 6.04 Å². The lowest BCUT2D eigenvalue weighted by atomic mass is 10.2. The molecule has 2 rings (SSSR count). The average Bonchev–Trinajstić information content (AvgIpc) is 3.05. The molecule has 0 aromatic carbocycles. The number of aliphatic carboxylic acids is 1. The number of likely N-dealkylation sites (N-methyl/N-ethyl adjacent to an activating group) is 1. The van der Waals surface area contributed by atoms with Crippen molar-refractivity contribution >= 4 is 29.3 Å². The molecule has 0 radical (unpaired) electrons. The molecule has 1 saturated heterocycles. The fraction of sp³-hybridized carbons (Fsp3) is 0.429. The van der Waals surface area contributed by atoms with Crippen molar-refractivity contribution in [1.29, 1.82) is 0 Å². The second-order valence-corrected chi connectivity index (χ2v) is 5.92. The highest BCUT2D eigenvalue weighted by Gasteiger charge is 2.29. The van der Waals surface area contributed by atoms with Gasteiger partial charge in [-0.25, -0.2) is 4.79 Å². The summed E-state index contributed by atoms with van der Waals surface area (Å²) in [4.78, 5) is 26.5. The molecule has 2 N–H and O–H groups in total. The third kappa shape index (κ3) is 3.68. The van der Waals surface area contributed by atoms with Crippen molar-refractivity contribution in [3.63, 3.8) is 0 Å². The van der Waals surface area contributed by atoms with Crippen LogP contribution >= 0.6 is 11.3 Å². The zero-order valence-electron chi connectivity index (χ0n) is 11.3. The van der Waals surface area contributed by atoms with Crippen molar-refractivity contribution in [2.24, 2.45) is 0 Å². The van der Waals surface area contributed by atoms with Crippen molar-refractivity contribution < 1.29 is 14.7 Å². The van der Waals surface area contributed by atoms with E-state index in [1.54, 1.807) is 24.5 Å². The predicted molar refractivity (Wildman–Crippen MR) is 78.5 cm³/mol. The molecule has 0 spiro atoms. The molecule has 1 aromatic rings. The molecule has 2 heterocycles. The molecule has 1 aliphatic heterocycles. The molecule has 1 aliphatic rings. The number of carbonyl (C=O) groups is 2. The molecule has 0 bridgehead atoms. The number of carboxylic acid groups (broad SMARTS) is 1. The van der Waals surface area contributed by atoms with Crippen molar-refractivity contribution in [1.82, 2.24) is 10.2 Å². The van der Waals surface area contributed by atoms with Crippen LogP contribution in [0.15, 0.2) is 18.2 Å². The summed E-state index contributed by atoms with van der Waals surface area (Å²) in [6.45, 7) is 1.67. The van der Waals surface area contributed by atoms with E-state index in [1.807, 2.05) is 12.1 Å². The van der Waals surface area contributed by atoms with E-state index in [0.29, 0.717) is 0 Å². The Morgan fingerprint density at radius 2 is 2.35 bits per heavy atom. The lowest BCUT2D eigenvalue weighted by Crippen LogP contribution is -2.41. The Labute approximate surface area is 121 Å². The van der Waals surface area contributed by atoms with Crippen LogP contribution < -0.4 is 5.32 Å². The molecule has 108 valence electrons. The van der Waals surface area contributed by atoms with Gasteiger partial charge in [-0.15, -0.1) is 11.3 Å². The summed E-state index contributed by atoms with van der Waals surface area (Å²) in [6, 6.07) is 3.86. The fourth-order valence-corrected chi connectivity index (χ4v) is 3.34. The Morgan fingerprint density at radius 3 is 3.05 bits per heavy atom. The van der Waals surface area contributed by atoms with Gasteiger partial charge in [0.2, 0.25) is 5.91 Å². The number of likely N-dealkylation sites (tertiary alicyclic amines) is 1. The minimum absolute atomic E-state index is 0.0416. The van der Waals surface area contributed by atoms with E-state index in [-0.39, 0.29) is 11.9 Å². The first-order valence-electron chi connectivity index (χ1n) is 6.55. The zero-order chi connectivity index (χ0) is 14.5. The number of amides is 1. The number of carboxylic acids is 1. The maximum atomic E-state index is 11.8. The van der Waals surface area contributed by atoms with Crippen LogP contribution in [0.2, 0.25) is 0 Å². The summed E-state index contributed by atoms with van der Waals surface area (Å²) >= 11 is 1.56. The number of rotatable bonds is 5. The van der Waals surface area contributed by atoms with Crippen LogP contribution in [-0.2, 0) is 16.1 Å². The summed E-state index contributed by atoms with van der Waals surface area (Å²) < 4.78 is 0. The average molecular weight is 294 g/mol. The second-order valence-electron chi connectivity index (χ2n) is 4.72. The van der Waals surface area contributed by atoms with Crippen molar-refractivity contribution in [2.45, 2.75) is 25.4 Å². The van der Waals surface area contributed by atoms with E-state index in [2.05, 4.69) is 10.2 Å². The number of nitrogens with one attached hydrogen (secondary N) is 1. The Hall–Kier alpha value is -1.66. The molecule has 1 aromatic heterocycles. The van der Waals surface area contributed by atoms with Crippen molar-refractivity contribution in [3.8, 4) is 0 Å². The summed E-state index contributed by atoms with van der Waals surface area (Å²) in [5.74, 6) is -0.871. The highest BCUT2D eigenvalue weighted by Crippen LogP contribution is 2.24. The van der Waals surface area contributed by atoms with Crippen molar-refractivity contribution in [3.05, 3.63) is 28.0 Å². The molecule has 0 aliphatic carbocycles. The molecule has 5 nitrogen and oxygen atoms in total. The second kappa shape index (κ2) is 6.67. The van der Waals surface area contributed by atoms with Gasteiger partial charge < -0.3 is 10.4 Å². The SMILES string of the molecule is CNC(=O)C1CCCN1Cc1ccc(C=CC(=O)O)s1. The lowest BCUT2D eigenvalue weighted by Gasteiger charge is -2.22. The minimum Gasteiger partial charge on any atom is -0.478 e. The van der Waals surface area contributed by atoms with Gasteiger partial charge in [0.25, 0.3) is 0 Å². The maximum Gasteiger partial charge on any atom is 0.328 e. The molecule has 1 fully saturated rings. The van der Waals surface area contributed by atoms with Gasteiger partial charge in [-0.1, -0.05) is 0 Å². The normalized spacial score (nSPS) is 19.6. The molecule has 6 heteroatoms. The highest BCUT2D eigenvalue weighted by atomic mass is 32.1. The Balaban J connectivity index is 1.99. The van der Waals surface area contributed by atoms with Crippen LogP contribution in [0.5, 0.6) is 0 Å². The Morgan fingerprint density at radius 1 is 1.55 bits per heavy atom. The number of nitrogens with zero attached hydrogens (tertiary/aromatic N) is 1. The Kier molecular flexibility index (Phi) is 4.92. The van der Waals surface area contributed by atoms with Crippen molar-refractivity contribution in [2.75, 3.05) is 13.6 Å². The van der Waals surface area contributed by atoms with Crippen LogP contribution in [0.1, 0.15) is 22.6 Å². The van der Waals surface area contributed by atoms with Gasteiger partial charge >= 0.3 is 5.97 Å². The van der Waals surface area contributed by atoms with Gasteiger partial charge in [0, 0.05) is 29.4 Å². The summed E-state index contributed by atoms with van der Waals surface area (Å²) in [6.07, 6.45) is 4.67. The van der Waals surface area contributed by atoms with Crippen LogP contribution in [0.25, 0.3) is 6.08 Å². The van der Waals surface area contributed by atoms with Crippen LogP contribution in [0.3, 0.4) is 0 Å². The first-order chi connectivity index (χ1) is 9.60. The summed E-state index contributed by atoms with van der Waals surface area (Å²) in [7, 11) is 1.67. The fourth-order valence-electron chi connectivity index (χ4n) is 2.40. The summed E-state index contributed by atoms with van der Waals surface area (Å²) in [5, 5.41) is 11.3. The molecule has 0 saturated carbocycles. The van der Waals surface area contributed by atoms with E-state index in [4.69, 9.17) is 5.11 Å². The first-order valence-corrected chi connectivity index (χ1v) is 7.37. The number of thiophene rings is 1. The predicted octanol–water partition coefficient (Wildman–Crippen LogP) is 1.56. The van der Waals surface area contributed by atoms with Gasteiger partial charge in [0.1, 0.15) is 0 Å². The maximum absolute atomic E-state index is 11.8. The molecular formula is C14H18N2O3S. The van der Waals surface area contributed by atoms with Crippen LogP contribution in [-0.4, -0.2) is 41.5 Å². The molecular weight excluding hydrogens is 276 g/mol. The third-order valence-electron chi connectivity index (χ3n) is 3.34. The topological polar surface area (TPSA) is 69.6 Å². The lowest BCUT2D eigenvalue weighted by molar-refractivity contribution is -0.131. The standard InChI is InChI=1S/C14H18N2O3S/c1-15-14(19)12-3-2-8-16(12)9-11-5-4-10(20-11)6-7-13(17)18/h4-7,12H,2-3,8-9H2,1H3,(H,15,19)(H,17,18). The Bertz CT molecular complexity index is 524. The monoisotopic (exact) mass is 294 g/mol. The van der Waals surface area contributed by atoms with Crippen LogP contribution in [0.4, 0.5) is 0 Å². The van der Waals surface area contributed by atoms with Gasteiger partial charge in [-0.05, 0) is 37.6 Å². The number of hydrogen-bond acceptors (Lipinski definition) is 4. The number of hydrogen-bond donors (Lipinski definition) is 2. The number of carbonyl (C=O) groups excluding carboxylic acids is 1. The van der Waals surface area contributed by atoms with E-state index in [9.17, 15) is 9.59 Å². The van der Waals surface area contributed by atoms with E-state index in [1.165, 1.54) is 0 Å². The van der Waals surface area contributed by atoms with Gasteiger partial charge in [0.15, 0.2) is 0 Å².